The van der Waals surface area contributed by atoms with Crippen molar-refractivity contribution in [3.8, 4) is 11.1 Å². The lowest BCUT2D eigenvalue weighted by Crippen LogP contribution is -2.40. The zero-order valence-electron chi connectivity index (χ0n) is 14.3. The van der Waals surface area contributed by atoms with Crippen LogP contribution in [-0.2, 0) is 16.9 Å². The molecule has 1 aliphatic heterocycles. The molecule has 2 heterocycles. The summed E-state index contributed by atoms with van der Waals surface area (Å²) in [4.78, 5) is 26.4. The highest BCUT2D eigenvalue weighted by atomic mass is 16.3. The van der Waals surface area contributed by atoms with Gasteiger partial charge in [-0.25, -0.2) is 4.79 Å². The van der Waals surface area contributed by atoms with Gasteiger partial charge in [0.15, 0.2) is 5.54 Å². The zero-order chi connectivity index (χ0) is 18.1. The summed E-state index contributed by atoms with van der Waals surface area (Å²) in [6, 6.07) is 20.9. The lowest BCUT2D eigenvalue weighted by Gasteiger charge is -2.19. The fourth-order valence-electron chi connectivity index (χ4n) is 3.19. The summed E-state index contributed by atoms with van der Waals surface area (Å²) < 4.78 is 5.34. The van der Waals surface area contributed by atoms with E-state index in [1.54, 1.807) is 19.1 Å². The summed E-state index contributed by atoms with van der Waals surface area (Å²) in [6.07, 6.45) is 1.49. The Labute approximate surface area is 151 Å². The summed E-state index contributed by atoms with van der Waals surface area (Å²) >= 11 is 0. The number of carbonyl (C=O) groups is 2. The van der Waals surface area contributed by atoms with E-state index in [0.717, 1.165) is 16.7 Å². The second-order valence-electron chi connectivity index (χ2n) is 6.49. The summed E-state index contributed by atoms with van der Waals surface area (Å²) in [5.41, 5.74) is 1.94. The summed E-state index contributed by atoms with van der Waals surface area (Å²) in [5, 5.41) is 2.73. The monoisotopic (exact) mass is 346 g/mol. The summed E-state index contributed by atoms with van der Waals surface area (Å²) in [5.74, 6) is 0.113. The molecule has 1 saturated heterocycles. The van der Waals surface area contributed by atoms with Gasteiger partial charge in [0.25, 0.3) is 5.91 Å². The molecular formula is C21H18N2O3. The smallest absolute Gasteiger partial charge is 0.325 e. The topological polar surface area (TPSA) is 62.6 Å². The van der Waals surface area contributed by atoms with E-state index >= 15 is 0 Å². The number of imide groups is 1. The molecule has 1 aromatic heterocycles. The quantitative estimate of drug-likeness (QED) is 0.729. The average molecular weight is 346 g/mol. The molecule has 0 spiro atoms. The molecule has 1 fully saturated rings. The van der Waals surface area contributed by atoms with E-state index in [2.05, 4.69) is 5.32 Å². The van der Waals surface area contributed by atoms with Crippen LogP contribution in [0.25, 0.3) is 11.1 Å². The molecule has 0 saturated carbocycles. The molecule has 3 aromatic rings. The second kappa shape index (κ2) is 6.19. The van der Waals surface area contributed by atoms with E-state index in [4.69, 9.17) is 4.42 Å². The van der Waals surface area contributed by atoms with E-state index in [-0.39, 0.29) is 12.5 Å². The van der Waals surface area contributed by atoms with Crippen LogP contribution in [0.3, 0.4) is 0 Å². The van der Waals surface area contributed by atoms with Gasteiger partial charge in [-0.1, -0.05) is 54.6 Å². The van der Waals surface area contributed by atoms with Gasteiger partial charge < -0.3 is 9.73 Å². The maximum atomic E-state index is 12.8. The van der Waals surface area contributed by atoms with Gasteiger partial charge in [0.1, 0.15) is 5.76 Å². The van der Waals surface area contributed by atoms with Crippen LogP contribution in [0.4, 0.5) is 4.79 Å². The number of rotatable bonds is 4. The van der Waals surface area contributed by atoms with Crippen LogP contribution >= 0.6 is 0 Å². The maximum absolute atomic E-state index is 12.8. The second-order valence-corrected chi connectivity index (χ2v) is 6.49. The molecule has 3 amide bonds. The maximum Gasteiger partial charge on any atom is 0.325 e. The Morgan fingerprint density at radius 1 is 0.923 bits per heavy atom. The number of carbonyl (C=O) groups excluding carboxylic acids is 2. The van der Waals surface area contributed by atoms with E-state index in [9.17, 15) is 9.59 Å². The molecule has 5 nitrogen and oxygen atoms in total. The SMILES string of the molecule is CC1(c2ccco2)NC(=O)N(Cc2ccc(-c3ccccc3)cc2)C1=O. The number of amides is 3. The third-order valence-corrected chi connectivity index (χ3v) is 4.69. The average Bonchev–Trinajstić information content (AvgIpc) is 3.28. The molecule has 0 aliphatic carbocycles. The molecular weight excluding hydrogens is 328 g/mol. The van der Waals surface area contributed by atoms with Crippen molar-refractivity contribution >= 4 is 11.9 Å². The minimum Gasteiger partial charge on any atom is -0.466 e. The predicted molar refractivity (Wildman–Crippen MR) is 97.0 cm³/mol. The molecule has 0 radical (unpaired) electrons. The zero-order valence-corrected chi connectivity index (χ0v) is 14.3. The molecule has 1 unspecified atom stereocenters. The number of furan rings is 1. The number of hydrogen-bond donors (Lipinski definition) is 1. The van der Waals surface area contributed by atoms with E-state index in [1.165, 1.54) is 11.2 Å². The van der Waals surface area contributed by atoms with Gasteiger partial charge in [-0.2, -0.15) is 0 Å². The van der Waals surface area contributed by atoms with Gasteiger partial charge in [-0.15, -0.1) is 0 Å². The van der Waals surface area contributed by atoms with Gasteiger partial charge in [-0.3, -0.25) is 9.69 Å². The van der Waals surface area contributed by atoms with Crippen molar-refractivity contribution in [2.45, 2.75) is 19.0 Å². The van der Waals surface area contributed by atoms with E-state index < -0.39 is 11.6 Å². The fraction of sp³-hybridized carbons (Fsp3) is 0.143. The highest BCUT2D eigenvalue weighted by Gasteiger charge is 2.50. The molecule has 130 valence electrons. The lowest BCUT2D eigenvalue weighted by atomic mass is 9.99. The lowest BCUT2D eigenvalue weighted by molar-refractivity contribution is -0.132. The van der Waals surface area contributed by atoms with Gasteiger partial charge >= 0.3 is 6.03 Å². The molecule has 4 rings (SSSR count). The van der Waals surface area contributed by atoms with Crippen LogP contribution in [0.2, 0.25) is 0 Å². The van der Waals surface area contributed by atoms with Crippen LogP contribution in [0.15, 0.2) is 77.4 Å². The van der Waals surface area contributed by atoms with Crippen LogP contribution in [0.1, 0.15) is 18.2 Å². The van der Waals surface area contributed by atoms with Gasteiger partial charge in [-0.05, 0) is 35.7 Å². The van der Waals surface area contributed by atoms with Crippen molar-refractivity contribution in [3.63, 3.8) is 0 Å². The third-order valence-electron chi connectivity index (χ3n) is 4.69. The highest BCUT2D eigenvalue weighted by Crippen LogP contribution is 2.30. The molecule has 2 aromatic carbocycles. The van der Waals surface area contributed by atoms with Gasteiger partial charge in [0.05, 0.1) is 12.8 Å². The van der Waals surface area contributed by atoms with Crippen molar-refractivity contribution in [1.29, 1.82) is 0 Å². The largest absolute Gasteiger partial charge is 0.466 e. The Bertz CT molecular complexity index is 933. The predicted octanol–water partition coefficient (Wildman–Crippen LogP) is 3.91. The number of nitrogens with one attached hydrogen (secondary N) is 1. The number of nitrogens with zero attached hydrogens (tertiary/aromatic N) is 1. The van der Waals surface area contributed by atoms with Crippen molar-refractivity contribution in [3.05, 3.63) is 84.3 Å². The van der Waals surface area contributed by atoms with Crippen LogP contribution < -0.4 is 5.32 Å². The van der Waals surface area contributed by atoms with Crippen molar-refractivity contribution in [1.82, 2.24) is 10.2 Å². The van der Waals surface area contributed by atoms with Crippen molar-refractivity contribution < 1.29 is 14.0 Å². The minimum atomic E-state index is -1.16. The fourth-order valence-corrected chi connectivity index (χ4v) is 3.19. The van der Waals surface area contributed by atoms with Gasteiger partial charge in [0, 0.05) is 0 Å². The van der Waals surface area contributed by atoms with Crippen LogP contribution in [-0.4, -0.2) is 16.8 Å². The third kappa shape index (κ3) is 2.67. The first-order valence-corrected chi connectivity index (χ1v) is 8.40. The van der Waals surface area contributed by atoms with Crippen molar-refractivity contribution in [2.24, 2.45) is 0 Å². The van der Waals surface area contributed by atoms with Crippen LogP contribution in [0, 0.1) is 0 Å². The first kappa shape index (κ1) is 16.1. The summed E-state index contributed by atoms with van der Waals surface area (Å²) in [7, 11) is 0. The Hall–Kier alpha value is -3.34. The number of benzene rings is 2. The molecule has 1 atom stereocenters. The van der Waals surface area contributed by atoms with Crippen molar-refractivity contribution in [2.75, 3.05) is 0 Å². The number of urea groups is 1. The van der Waals surface area contributed by atoms with Crippen LogP contribution in [0.5, 0.6) is 0 Å². The van der Waals surface area contributed by atoms with E-state index in [0.29, 0.717) is 5.76 Å². The number of hydrogen-bond acceptors (Lipinski definition) is 3. The van der Waals surface area contributed by atoms with E-state index in [1.807, 2.05) is 54.6 Å². The molecule has 5 heteroatoms. The highest BCUT2D eigenvalue weighted by molar-refractivity contribution is 6.06. The van der Waals surface area contributed by atoms with Gasteiger partial charge in [0.2, 0.25) is 0 Å². The first-order valence-electron chi connectivity index (χ1n) is 8.40. The Morgan fingerprint density at radius 2 is 1.62 bits per heavy atom. The molecule has 1 N–H and O–H groups in total. The Balaban J connectivity index is 1.54. The normalized spacial score (nSPS) is 19.7. The molecule has 26 heavy (non-hydrogen) atoms. The molecule has 0 bridgehead atoms. The minimum absolute atomic E-state index is 0.218. The Kier molecular flexibility index (Phi) is 3.84. The first-order chi connectivity index (χ1) is 12.6. The Morgan fingerprint density at radius 3 is 2.27 bits per heavy atom. The summed E-state index contributed by atoms with van der Waals surface area (Å²) in [6.45, 7) is 1.88. The standard InChI is InChI=1S/C21H18N2O3/c1-21(18-8-5-13-26-18)19(24)23(20(25)22-21)14-15-9-11-17(12-10-15)16-6-3-2-4-7-16/h2-13H,14H2,1H3,(H,22,25). The molecule has 1 aliphatic rings.